The van der Waals surface area contributed by atoms with E-state index >= 15 is 0 Å². The SMILES string of the molecule is CCCC(NCc1cncn1Cc1ccc(C#N)cc1)C1CCN(Cc2ccccc2)C1=O. The van der Waals surface area contributed by atoms with Gasteiger partial charge in [-0.15, -0.1) is 0 Å². The Morgan fingerprint density at radius 1 is 1.12 bits per heavy atom. The molecule has 0 spiro atoms. The molecule has 170 valence electrons. The maximum atomic E-state index is 13.2. The van der Waals surface area contributed by atoms with Crippen LogP contribution in [0, 0.1) is 17.2 Å². The highest BCUT2D eigenvalue weighted by atomic mass is 16.2. The van der Waals surface area contributed by atoms with Crippen LogP contribution in [0.25, 0.3) is 0 Å². The zero-order chi connectivity index (χ0) is 23.0. The van der Waals surface area contributed by atoms with E-state index in [1.165, 1.54) is 5.56 Å². The van der Waals surface area contributed by atoms with E-state index in [2.05, 4.69) is 40.0 Å². The van der Waals surface area contributed by atoms with Crippen molar-refractivity contribution in [1.82, 2.24) is 19.8 Å². The van der Waals surface area contributed by atoms with Gasteiger partial charge < -0.3 is 14.8 Å². The summed E-state index contributed by atoms with van der Waals surface area (Å²) in [6.07, 6.45) is 6.63. The number of carbonyl (C=O) groups excluding carboxylic acids is 1. The Bertz CT molecular complexity index is 1080. The molecule has 0 radical (unpaired) electrons. The van der Waals surface area contributed by atoms with Gasteiger partial charge in [-0.1, -0.05) is 55.8 Å². The molecule has 0 bridgehead atoms. The molecule has 0 aliphatic carbocycles. The van der Waals surface area contributed by atoms with Gasteiger partial charge in [0, 0.05) is 38.4 Å². The third-order valence-corrected chi connectivity index (χ3v) is 6.42. The van der Waals surface area contributed by atoms with Crippen molar-refractivity contribution in [3.8, 4) is 6.07 Å². The van der Waals surface area contributed by atoms with E-state index in [1.54, 1.807) is 0 Å². The van der Waals surface area contributed by atoms with Gasteiger partial charge in [-0.3, -0.25) is 4.79 Å². The lowest BCUT2D eigenvalue weighted by molar-refractivity contribution is -0.132. The van der Waals surface area contributed by atoms with Crippen molar-refractivity contribution in [3.63, 3.8) is 0 Å². The summed E-state index contributed by atoms with van der Waals surface area (Å²) in [6, 6.07) is 20.2. The van der Waals surface area contributed by atoms with E-state index in [0.29, 0.717) is 25.2 Å². The highest BCUT2D eigenvalue weighted by molar-refractivity contribution is 5.81. The highest BCUT2D eigenvalue weighted by Crippen LogP contribution is 2.26. The van der Waals surface area contributed by atoms with Crippen LogP contribution in [0.1, 0.15) is 48.6 Å². The number of aromatic nitrogens is 2. The Morgan fingerprint density at radius 3 is 2.61 bits per heavy atom. The predicted octanol–water partition coefficient (Wildman–Crippen LogP) is 4.11. The molecule has 1 aromatic heterocycles. The van der Waals surface area contributed by atoms with E-state index < -0.39 is 0 Å². The first-order valence-corrected chi connectivity index (χ1v) is 11.7. The van der Waals surface area contributed by atoms with Crippen LogP contribution in [0.5, 0.6) is 0 Å². The van der Waals surface area contributed by atoms with Crippen molar-refractivity contribution in [1.29, 1.82) is 5.26 Å². The Balaban J connectivity index is 1.37. The molecule has 1 amide bonds. The summed E-state index contributed by atoms with van der Waals surface area (Å²) in [6.45, 7) is 5.05. The first-order valence-electron chi connectivity index (χ1n) is 11.7. The minimum Gasteiger partial charge on any atom is -0.338 e. The van der Waals surface area contributed by atoms with Gasteiger partial charge in [0.25, 0.3) is 0 Å². The van der Waals surface area contributed by atoms with Gasteiger partial charge in [0.1, 0.15) is 0 Å². The van der Waals surface area contributed by atoms with Crippen LogP contribution < -0.4 is 5.32 Å². The van der Waals surface area contributed by atoms with Gasteiger partial charge in [0.2, 0.25) is 5.91 Å². The molecule has 1 N–H and O–H groups in total. The average Bonchev–Trinajstić information content (AvgIpc) is 3.44. The van der Waals surface area contributed by atoms with Gasteiger partial charge >= 0.3 is 0 Å². The van der Waals surface area contributed by atoms with E-state index in [4.69, 9.17) is 5.26 Å². The summed E-state index contributed by atoms with van der Waals surface area (Å²) in [5.74, 6) is 0.277. The number of benzene rings is 2. The maximum absolute atomic E-state index is 13.2. The number of hydrogen-bond donors (Lipinski definition) is 1. The van der Waals surface area contributed by atoms with E-state index in [-0.39, 0.29) is 17.9 Å². The summed E-state index contributed by atoms with van der Waals surface area (Å²) in [5, 5.41) is 12.7. The molecule has 2 unspecified atom stereocenters. The van der Waals surface area contributed by atoms with Crippen LogP contribution in [0.2, 0.25) is 0 Å². The fourth-order valence-electron chi connectivity index (χ4n) is 4.61. The van der Waals surface area contributed by atoms with Gasteiger partial charge in [-0.25, -0.2) is 4.98 Å². The molecular weight excluding hydrogens is 410 g/mol. The molecule has 33 heavy (non-hydrogen) atoms. The molecule has 1 aliphatic rings. The Hall–Kier alpha value is -3.43. The zero-order valence-corrected chi connectivity index (χ0v) is 19.2. The van der Waals surface area contributed by atoms with Crippen molar-refractivity contribution in [2.45, 2.75) is 51.9 Å². The number of nitrogens with one attached hydrogen (secondary N) is 1. The molecule has 0 saturated carbocycles. The van der Waals surface area contributed by atoms with Crippen LogP contribution in [0.3, 0.4) is 0 Å². The number of amides is 1. The van der Waals surface area contributed by atoms with Crippen molar-refractivity contribution in [2.24, 2.45) is 5.92 Å². The topological polar surface area (TPSA) is 74.0 Å². The van der Waals surface area contributed by atoms with Gasteiger partial charge in [-0.05, 0) is 36.1 Å². The van der Waals surface area contributed by atoms with E-state index in [0.717, 1.165) is 37.1 Å². The molecule has 3 aromatic rings. The Kier molecular flexibility index (Phi) is 7.54. The lowest BCUT2D eigenvalue weighted by atomic mass is 9.94. The van der Waals surface area contributed by atoms with Crippen molar-refractivity contribution < 1.29 is 4.79 Å². The number of rotatable bonds is 10. The van der Waals surface area contributed by atoms with Crippen LogP contribution in [0.15, 0.2) is 67.1 Å². The molecule has 4 rings (SSSR count). The second kappa shape index (κ2) is 10.9. The standard InChI is InChI=1S/C27H31N5O/c1-2-6-26(25-13-14-31(27(25)33)18-22-7-4-3-5-8-22)30-17-24-16-29-20-32(24)19-23-11-9-21(15-28)10-12-23/h3-5,7-12,16,20,25-26,30H,2,6,13-14,17-19H2,1H3. The molecule has 2 aromatic carbocycles. The maximum Gasteiger partial charge on any atom is 0.227 e. The van der Waals surface area contributed by atoms with Crippen LogP contribution in [-0.4, -0.2) is 32.9 Å². The Labute approximate surface area is 195 Å². The molecule has 6 nitrogen and oxygen atoms in total. The van der Waals surface area contributed by atoms with E-state index in [1.807, 2.05) is 59.9 Å². The van der Waals surface area contributed by atoms with E-state index in [9.17, 15) is 4.79 Å². The van der Waals surface area contributed by atoms with Crippen LogP contribution >= 0.6 is 0 Å². The smallest absolute Gasteiger partial charge is 0.227 e. The molecule has 1 fully saturated rings. The molecule has 6 heteroatoms. The summed E-state index contributed by atoms with van der Waals surface area (Å²) in [5.41, 5.74) is 4.06. The van der Waals surface area contributed by atoms with Gasteiger partial charge in [0.05, 0.1) is 29.6 Å². The number of hydrogen-bond acceptors (Lipinski definition) is 4. The Morgan fingerprint density at radius 2 is 1.88 bits per heavy atom. The molecular formula is C27H31N5O. The van der Waals surface area contributed by atoms with Crippen molar-refractivity contribution >= 4 is 5.91 Å². The fourth-order valence-corrected chi connectivity index (χ4v) is 4.61. The number of carbonyl (C=O) groups is 1. The number of nitrogens with zero attached hydrogens (tertiary/aromatic N) is 4. The monoisotopic (exact) mass is 441 g/mol. The molecule has 1 saturated heterocycles. The van der Waals surface area contributed by atoms with Crippen molar-refractivity contribution in [2.75, 3.05) is 6.54 Å². The molecule has 2 atom stereocenters. The first kappa shape index (κ1) is 22.8. The average molecular weight is 442 g/mol. The number of imidazole rings is 1. The number of nitriles is 1. The fraction of sp³-hybridized carbons (Fsp3) is 0.370. The first-order chi connectivity index (χ1) is 16.2. The lowest BCUT2D eigenvalue weighted by Crippen LogP contribution is -2.40. The predicted molar refractivity (Wildman–Crippen MR) is 128 cm³/mol. The largest absolute Gasteiger partial charge is 0.338 e. The van der Waals surface area contributed by atoms with Gasteiger partial charge in [0.15, 0.2) is 0 Å². The summed E-state index contributed by atoms with van der Waals surface area (Å²) in [7, 11) is 0. The highest BCUT2D eigenvalue weighted by Gasteiger charge is 2.36. The molecule has 2 heterocycles. The van der Waals surface area contributed by atoms with Crippen LogP contribution in [-0.2, 0) is 24.4 Å². The van der Waals surface area contributed by atoms with Crippen LogP contribution in [0.4, 0.5) is 0 Å². The third kappa shape index (κ3) is 5.68. The van der Waals surface area contributed by atoms with Crippen molar-refractivity contribution in [3.05, 3.63) is 89.5 Å². The second-order valence-corrected chi connectivity index (χ2v) is 8.74. The number of likely N-dealkylation sites (tertiary alicyclic amines) is 1. The second-order valence-electron chi connectivity index (χ2n) is 8.74. The van der Waals surface area contributed by atoms with Gasteiger partial charge in [-0.2, -0.15) is 5.26 Å². The minimum atomic E-state index is 0.0172. The quantitative estimate of drug-likeness (QED) is 0.514. The summed E-state index contributed by atoms with van der Waals surface area (Å²) >= 11 is 0. The normalized spacial score (nSPS) is 16.7. The lowest BCUT2D eigenvalue weighted by Gasteiger charge is -2.24. The third-order valence-electron chi connectivity index (χ3n) is 6.42. The summed E-state index contributed by atoms with van der Waals surface area (Å²) in [4.78, 5) is 19.5. The minimum absolute atomic E-state index is 0.0172. The zero-order valence-electron chi connectivity index (χ0n) is 19.2. The summed E-state index contributed by atoms with van der Waals surface area (Å²) < 4.78 is 2.12. The molecule has 1 aliphatic heterocycles.